The van der Waals surface area contributed by atoms with Gasteiger partial charge in [-0.25, -0.2) is 0 Å². The van der Waals surface area contributed by atoms with Crippen LogP contribution >= 0.6 is 35.0 Å². The van der Waals surface area contributed by atoms with Crippen molar-refractivity contribution < 1.29 is 9.59 Å². The van der Waals surface area contributed by atoms with E-state index in [1.165, 1.54) is 17.5 Å². The largest absolute Gasteiger partial charge is 0.352 e. The summed E-state index contributed by atoms with van der Waals surface area (Å²) in [5.41, 5.74) is 4.19. The molecule has 0 bridgehead atoms. The van der Waals surface area contributed by atoms with Crippen molar-refractivity contribution in [1.29, 1.82) is 0 Å². The summed E-state index contributed by atoms with van der Waals surface area (Å²) >= 11 is 14.3. The molecule has 7 heteroatoms. The van der Waals surface area contributed by atoms with Crippen molar-refractivity contribution in [3.05, 3.63) is 105 Å². The van der Waals surface area contributed by atoms with E-state index in [0.717, 1.165) is 42.6 Å². The number of thioether (sulfide) groups is 1. The summed E-state index contributed by atoms with van der Waals surface area (Å²) < 4.78 is 0. The number of carbonyl (C=O) groups is 2. The molecule has 0 radical (unpaired) electrons. The van der Waals surface area contributed by atoms with E-state index in [9.17, 15) is 9.59 Å². The smallest absolute Gasteiger partial charge is 0.243 e. The molecule has 4 nitrogen and oxygen atoms in total. The van der Waals surface area contributed by atoms with Crippen LogP contribution in [0.1, 0.15) is 54.4 Å². The lowest BCUT2D eigenvalue weighted by Crippen LogP contribution is -2.53. The van der Waals surface area contributed by atoms with Crippen LogP contribution in [0.15, 0.2) is 72.8 Å². The highest BCUT2D eigenvalue weighted by molar-refractivity contribution is 7.99. The van der Waals surface area contributed by atoms with Crippen LogP contribution in [-0.4, -0.2) is 34.6 Å². The van der Waals surface area contributed by atoms with E-state index < -0.39 is 6.04 Å². The summed E-state index contributed by atoms with van der Waals surface area (Å²) in [5.74, 6) is 0.806. The van der Waals surface area contributed by atoms with E-state index in [0.29, 0.717) is 16.5 Å². The highest BCUT2D eigenvalue weighted by Crippen LogP contribution is 2.26. The number of rotatable bonds is 11. The molecule has 1 unspecified atom stereocenters. The van der Waals surface area contributed by atoms with Crippen LogP contribution in [0, 0.1) is 6.92 Å². The Bertz CT molecular complexity index is 1250. The molecular weight excluding hydrogens is 547 g/mol. The first-order valence-electron chi connectivity index (χ1n) is 13.6. The van der Waals surface area contributed by atoms with Crippen LogP contribution in [0.5, 0.6) is 0 Å². The number of nitrogens with zero attached hydrogens (tertiary/aromatic N) is 1. The Morgan fingerprint density at radius 3 is 2.38 bits per heavy atom. The summed E-state index contributed by atoms with van der Waals surface area (Å²) in [5, 5.41) is 4.30. The first-order chi connectivity index (χ1) is 18.9. The van der Waals surface area contributed by atoms with E-state index in [2.05, 4.69) is 24.4 Å². The Morgan fingerprint density at radius 1 is 0.949 bits per heavy atom. The maximum Gasteiger partial charge on any atom is 0.243 e. The van der Waals surface area contributed by atoms with Gasteiger partial charge in [-0.05, 0) is 54.2 Å². The van der Waals surface area contributed by atoms with Crippen LogP contribution in [0.2, 0.25) is 10.0 Å². The molecule has 1 saturated carbocycles. The quantitative estimate of drug-likeness (QED) is 0.253. The predicted molar refractivity (Wildman–Crippen MR) is 163 cm³/mol. The van der Waals surface area contributed by atoms with Gasteiger partial charge in [0.15, 0.2) is 0 Å². The third kappa shape index (κ3) is 8.76. The van der Waals surface area contributed by atoms with Gasteiger partial charge < -0.3 is 10.2 Å². The van der Waals surface area contributed by atoms with Crippen LogP contribution in [0.25, 0.3) is 0 Å². The molecule has 1 fully saturated rings. The van der Waals surface area contributed by atoms with Gasteiger partial charge >= 0.3 is 0 Å². The van der Waals surface area contributed by atoms with Gasteiger partial charge in [-0.2, -0.15) is 0 Å². The van der Waals surface area contributed by atoms with Gasteiger partial charge in [-0.3, -0.25) is 9.59 Å². The Balaban J connectivity index is 1.59. The van der Waals surface area contributed by atoms with Crippen molar-refractivity contribution in [2.24, 2.45) is 0 Å². The maximum atomic E-state index is 13.9. The van der Waals surface area contributed by atoms with Crippen molar-refractivity contribution >= 4 is 46.8 Å². The van der Waals surface area contributed by atoms with Crippen molar-refractivity contribution in [1.82, 2.24) is 10.2 Å². The van der Waals surface area contributed by atoms with E-state index in [-0.39, 0.29) is 30.2 Å². The molecule has 0 aromatic heterocycles. The minimum absolute atomic E-state index is 0.0840. The molecule has 3 aromatic rings. The fourth-order valence-corrected chi connectivity index (χ4v) is 6.49. The topological polar surface area (TPSA) is 49.4 Å². The summed E-state index contributed by atoms with van der Waals surface area (Å²) in [6, 6.07) is 22.9. The van der Waals surface area contributed by atoms with E-state index in [1.807, 2.05) is 48.5 Å². The lowest BCUT2D eigenvalue weighted by Gasteiger charge is -2.33. The third-order valence-corrected chi connectivity index (χ3v) is 8.88. The van der Waals surface area contributed by atoms with Gasteiger partial charge in [-0.15, -0.1) is 11.8 Å². The van der Waals surface area contributed by atoms with Gasteiger partial charge in [-0.1, -0.05) is 103 Å². The summed E-state index contributed by atoms with van der Waals surface area (Å²) in [4.78, 5) is 29.5. The van der Waals surface area contributed by atoms with Gasteiger partial charge in [0.25, 0.3) is 0 Å². The molecule has 3 aromatic carbocycles. The Labute approximate surface area is 246 Å². The average molecular weight is 584 g/mol. The fourth-order valence-electron chi connectivity index (χ4n) is 5.03. The van der Waals surface area contributed by atoms with Gasteiger partial charge in [0, 0.05) is 34.8 Å². The maximum absolute atomic E-state index is 13.9. The molecule has 39 heavy (non-hydrogen) atoms. The minimum atomic E-state index is -0.660. The summed E-state index contributed by atoms with van der Waals surface area (Å²) in [7, 11) is 0. The van der Waals surface area contributed by atoms with Gasteiger partial charge in [0.05, 0.1) is 5.75 Å². The molecule has 1 atom stereocenters. The second-order valence-electron chi connectivity index (χ2n) is 10.2. The van der Waals surface area contributed by atoms with E-state index in [4.69, 9.17) is 23.2 Å². The Morgan fingerprint density at radius 2 is 1.67 bits per heavy atom. The van der Waals surface area contributed by atoms with E-state index in [1.54, 1.807) is 28.8 Å². The molecule has 4 rings (SSSR count). The molecule has 0 aliphatic heterocycles. The van der Waals surface area contributed by atoms with Crippen molar-refractivity contribution in [2.45, 2.75) is 69.8 Å². The molecule has 0 heterocycles. The molecule has 0 spiro atoms. The zero-order chi connectivity index (χ0) is 27.6. The average Bonchev–Trinajstić information content (AvgIpc) is 2.94. The third-order valence-electron chi connectivity index (χ3n) is 7.32. The molecular formula is C32H36Cl2N2O2S. The predicted octanol–water partition coefficient (Wildman–Crippen LogP) is 7.62. The molecule has 1 aliphatic carbocycles. The first kappa shape index (κ1) is 29.5. The van der Waals surface area contributed by atoms with Crippen molar-refractivity contribution in [3.8, 4) is 0 Å². The number of carbonyl (C=O) groups excluding carboxylic acids is 2. The summed E-state index contributed by atoms with van der Waals surface area (Å²) in [6.07, 6.45) is 5.83. The Kier molecular flexibility index (Phi) is 11.2. The van der Waals surface area contributed by atoms with Crippen molar-refractivity contribution in [2.75, 3.05) is 5.75 Å². The number of amides is 2. The lowest BCUT2D eigenvalue weighted by molar-refractivity contribution is -0.139. The monoisotopic (exact) mass is 582 g/mol. The number of benzene rings is 3. The van der Waals surface area contributed by atoms with Crippen LogP contribution in [0.3, 0.4) is 0 Å². The van der Waals surface area contributed by atoms with E-state index >= 15 is 0 Å². The number of aryl methyl sites for hydroxylation is 1. The number of hydrogen-bond acceptors (Lipinski definition) is 3. The zero-order valence-electron chi connectivity index (χ0n) is 22.4. The first-order valence-corrected chi connectivity index (χ1v) is 15.5. The summed E-state index contributed by atoms with van der Waals surface area (Å²) in [6.45, 7) is 2.31. The molecule has 0 saturated heterocycles. The second kappa shape index (κ2) is 14.8. The van der Waals surface area contributed by atoms with Crippen LogP contribution in [-0.2, 0) is 28.3 Å². The molecule has 2 amide bonds. The Hall–Kier alpha value is -2.47. The standard InChI is InChI=1S/C32H36Cl2N2O2S/c1-23-10-8-9-13-26(23)21-39-22-31(37)36(20-25-16-17-27(33)19-29(25)34)30(18-24-11-4-2-5-12-24)32(38)35-28-14-6-3-7-15-28/h2,4-5,8-13,16-17,19,28,30H,3,6-7,14-15,18,20-22H2,1H3,(H,35,38). The lowest BCUT2D eigenvalue weighted by atomic mass is 9.94. The van der Waals surface area contributed by atoms with Crippen LogP contribution in [0.4, 0.5) is 0 Å². The molecule has 1 aliphatic rings. The molecule has 1 N–H and O–H groups in total. The number of halogens is 2. The van der Waals surface area contributed by atoms with Gasteiger partial charge in [0.1, 0.15) is 6.04 Å². The number of hydrogen-bond donors (Lipinski definition) is 1. The zero-order valence-corrected chi connectivity index (χ0v) is 24.7. The van der Waals surface area contributed by atoms with Crippen molar-refractivity contribution in [3.63, 3.8) is 0 Å². The van der Waals surface area contributed by atoms with Gasteiger partial charge in [0.2, 0.25) is 11.8 Å². The fraction of sp³-hybridized carbons (Fsp3) is 0.375. The second-order valence-corrected chi connectivity index (χ2v) is 12.1. The highest BCUT2D eigenvalue weighted by atomic mass is 35.5. The SMILES string of the molecule is Cc1ccccc1CSCC(=O)N(Cc1ccc(Cl)cc1Cl)C(Cc1ccccc1)C(=O)NC1CCCCC1. The highest BCUT2D eigenvalue weighted by Gasteiger charge is 2.32. The minimum Gasteiger partial charge on any atom is -0.352 e. The normalized spacial score (nSPS) is 14.5. The number of nitrogens with one attached hydrogen (secondary N) is 1. The van der Waals surface area contributed by atoms with Crippen LogP contribution < -0.4 is 5.32 Å². The molecule has 206 valence electrons.